The molecule has 12 heavy (non-hydrogen) atoms. The van der Waals surface area contributed by atoms with Gasteiger partial charge in [0.25, 0.3) is 0 Å². The Balaban J connectivity index is 2.00. The Morgan fingerprint density at radius 3 is 2.58 bits per heavy atom. The van der Waals surface area contributed by atoms with Gasteiger partial charge >= 0.3 is 10.2 Å². The first-order chi connectivity index (χ1) is 5.54. The van der Waals surface area contributed by atoms with Gasteiger partial charge in [0.15, 0.2) is 0 Å². The van der Waals surface area contributed by atoms with Crippen LogP contribution in [0, 0.1) is 5.92 Å². The molecule has 2 rings (SSSR count). The van der Waals surface area contributed by atoms with E-state index in [-0.39, 0.29) is 17.7 Å². The van der Waals surface area contributed by atoms with Crippen LogP contribution in [-0.2, 0) is 10.2 Å². The zero-order valence-electron chi connectivity index (χ0n) is 6.66. The third kappa shape index (κ3) is 1.61. The van der Waals surface area contributed by atoms with Gasteiger partial charge in [0, 0.05) is 12.1 Å². The molecule has 0 saturated carbocycles. The van der Waals surface area contributed by atoms with E-state index >= 15 is 0 Å². The van der Waals surface area contributed by atoms with Gasteiger partial charge in [-0.25, -0.2) is 0 Å². The molecule has 5 heteroatoms. The largest absolute Gasteiger partial charge is 0.311 e. The molecular weight excluding hydrogens is 181 g/mol. The Kier molecular flexibility index (Phi) is 1.88. The van der Waals surface area contributed by atoms with Gasteiger partial charge in [-0.1, -0.05) is 0 Å². The second-order valence-corrected chi connectivity index (χ2v) is 5.16. The molecular formula is C7H12FNO2S. The minimum Gasteiger partial charge on any atom is -0.311 e. The SMILES string of the molecule is O=S(=O)(F)CC1CC2CCC1N2. The van der Waals surface area contributed by atoms with Crippen LogP contribution >= 0.6 is 0 Å². The summed E-state index contributed by atoms with van der Waals surface area (Å²) in [5.74, 6) is -0.278. The molecule has 2 fully saturated rings. The molecule has 2 bridgehead atoms. The zero-order valence-corrected chi connectivity index (χ0v) is 7.48. The van der Waals surface area contributed by atoms with Crippen molar-refractivity contribution in [3.05, 3.63) is 0 Å². The lowest BCUT2D eigenvalue weighted by Gasteiger charge is -2.17. The van der Waals surface area contributed by atoms with Gasteiger partial charge in [0.2, 0.25) is 0 Å². The highest BCUT2D eigenvalue weighted by Crippen LogP contribution is 2.34. The average Bonchev–Trinajstić information content (AvgIpc) is 2.42. The molecule has 70 valence electrons. The molecule has 0 aliphatic carbocycles. The van der Waals surface area contributed by atoms with E-state index in [1.165, 1.54) is 0 Å². The van der Waals surface area contributed by atoms with Crippen molar-refractivity contribution in [2.45, 2.75) is 31.3 Å². The maximum Gasteiger partial charge on any atom is 0.302 e. The number of hydrogen-bond acceptors (Lipinski definition) is 3. The molecule has 0 spiro atoms. The predicted molar refractivity (Wildman–Crippen MR) is 42.9 cm³/mol. The number of rotatable bonds is 2. The summed E-state index contributed by atoms with van der Waals surface area (Å²) < 4.78 is 33.0. The Hall–Kier alpha value is -0.160. The molecule has 3 atom stereocenters. The fourth-order valence-electron chi connectivity index (χ4n) is 2.38. The molecule has 2 saturated heterocycles. The van der Waals surface area contributed by atoms with Crippen LogP contribution in [0.1, 0.15) is 19.3 Å². The van der Waals surface area contributed by atoms with Gasteiger partial charge in [0.05, 0.1) is 5.75 Å². The molecule has 3 unspecified atom stereocenters. The van der Waals surface area contributed by atoms with Crippen LogP contribution in [0.15, 0.2) is 0 Å². The van der Waals surface area contributed by atoms with Crippen LogP contribution in [0.2, 0.25) is 0 Å². The molecule has 0 amide bonds. The summed E-state index contributed by atoms with van der Waals surface area (Å²) in [7, 11) is -4.27. The third-order valence-electron chi connectivity index (χ3n) is 2.85. The van der Waals surface area contributed by atoms with Crippen LogP contribution in [0.3, 0.4) is 0 Å². The van der Waals surface area contributed by atoms with E-state index < -0.39 is 10.2 Å². The monoisotopic (exact) mass is 193 g/mol. The molecule has 0 aromatic carbocycles. The highest BCUT2D eigenvalue weighted by Gasteiger charge is 2.40. The van der Waals surface area contributed by atoms with Crippen molar-refractivity contribution in [2.75, 3.05) is 5.75 Å². The van der Waals surface area contributed by atoms with Gasteiger partial charge in [0.1, 0.15) is 0 Å². The summed E-state index contributed by atoms with van der Waals surface area (Å²) in [6.45, 7) is 0. The fourth-order valence-corrected chi connectivity index (χ4v) is 3.26. The standard InChI is InChI=1S/C7H12FNO2S/c8-12(10,11)4-5-3-6-1-2-7(5)9-6/h5-7,9H,1-4H2. The summed E-state index contributed by atoms with van der Waals surface area (Å²) in [5, 5.41) is 3.27. The van der Waals surface area contributed by atoms with E-state index in [0.717, 1.165) is 19.3 Å². The molecule has 2 heterocycles. The molecule has 2 aliphatic heterocycles. The smallest absolute Gasteiger partial charge is 0.302 e. The van der Waals surface area contributed by atoms with Crippen molar-refractivity contribution in [3.8, 4) is 0 Å². The first-order valence-electron chi connectivity index (χ1n) is 4.23. The Morgan fingerprint density at radius 1 is 1.42 bits per heavy atom. The van der Waals surface area contributed by atoms with Crippen molar-refractivity contribution in [1.82, 2.24) is 5.32 Å². The lowest BCUT2D eigenvalue weighted by Crippen LogP contribution is -2.26. The number of fused-ring (bicyclic) bond motifs is 2. The van der Waals surface area contributed by atoms with Crippen LogP contribution in [0.5, 0.6) is 0 Å². The maximum atomic E-state index is 12.3. The number of hydrogen-bond donors (Lipinski definition) is 1. The van der Waals surface area contributed by atoms with E-state index in [0.29, 0.717) is 6.04 Å². The minimum atomic E-state index is -4.27. The lowest BCUT2D eigenvalue weighted by molar-refractivity contribution is 0.429. The fraction of sp³-hybridized carbons (Fsp3) is 1.00. The first-order valence-corrected chi connectivity index (χ1v) is 5.78. The summed E-state index contributed by atoms with van der Waals surface area (Å²) in [6.07, 6.45) is 2.95. The van der Waals surface area contributed by atoms with Crippen molar-refractivity contribution in [3.63, 3.8) is 0 Å². The van der Waals surface area contributed by atoms with Crippen LogP contribution in [0.4, 0.5) is 3.89 Å². The minimum absolute atomic E-state index is 0.0127. The molecule has 0 aromatic heterocycles. The molecule has 2 aliphatic rings. The van der Waals surface area contributed by atoms with E-state index in [1.807, 2.05) is 0 Å². The number of nitrogens with one attached hydrogen (secondary N) is 1. The van der Waals surface area contributed by atoms with Gasteiger partial charge in [-0.15, -0.1) is 3.89 Å². The van der Waals surface area contributed by atoms with E-state index in [1.54, 1.807) is 0 Å². The summed E-state index contributed by atoms with van der Waals surface area (Å²) in [6, 6.07) is 0.697. The van der Waals surface area contributed by atoms with Crippen LogP contribution < -0.4 is 5.32 Å². The van der Waals surface area contributed by atoms with Gasteiger partial charge in [-0.2, -0.15) is 8.42 Å². The summed E-state index contributed by atoms with van der Waals surface area (Å²) in [5.41, 5.74) is 0. The van der Waals surface area contributed by atoms with Crippen molar-refractivity contribution in [2.24, 2.45) is 5.92 Å². The lowest BCUT2D eigenvalue weighted by atomic mass is 9.91. The van der Waals surface area contributed by atoms with Crippen molar-refractivity contribution >= 4 is 10.2 Å². The van der Waals surface area contributed by atoms with E-state index in [9.17, 15) is 12.3 Å². The van der Waals surface area contributed by atoms with Crippen molar-refractivity contribution < 1.29 is 12.3 Å². The molecule has 3 nitrogen and oxygen atoms in total. The number of halogens is 1. The third-order valence-corrected chi connectivity index (χ3v) is 3.67. The quantitative estimate of drug-likeness (QED) is 0.647. The highest BCUT2D eigenvalue weighted by molar-refractivity contribution is 7.86. The molecule has 0 aromatic rings. The Labute approximate surface area is 71.6 Å². The maximum absolute atomic E-state index is 12.3. The predicted octanol–water partition coefficient (Wildman–Crippen LogP) is 0.426. The van der Waals surface area contributed by atoms with E-state index in [2.05, 4.69) is 5.32 Å². The van der Waals surface area contributed by atoms with Gasteiger partial charge in [-0.3, -0.25) is 0 Å². The second kappa shape index (κ2) is 2.67. The zero-order chi connectivity index (χ0) is 8.77. The summed E-state index contributed by atoms with van der Waals surface area (Å²) >= 11 is 0. The molecule has 0 radical (unpaired) electrons. The topological polar surface area (TPSA) is 46.2 Å². The molecule has 1 N–H and O–H groups in total. The second-order valence-electron chi connectivity index (χ2n) is 3.75. The average molecular weight is 193 g/mol. The van der Waals surface area contributed by atoms with Gasteiger partial charge in [-0.05, 0) is 25.2 Å². The normalized spacial score (nSPS) is 40.6. The first kappa shape index (κ1) is 8.44. The van der Waals surface area contributed by atoms with Crippen LogP contribution in [0.25, 0.3) is 0 Å². The Bertz CT molecular complexity index is 277. The highest BCUT2D eigenvalue weighted by atomic mass is 32.3. The van der Waals surface area contributed by atoms with Crippen molar-refractivity contribution in [1.29, 1.82) is 0 Å². The Morgan fingerprint density at radius 2 is 2.17 bits per heavy atom. The van der Waals surface area contributed by atoms with Crippen LogP contribution in [-0.4, -0.2) is 26.3 Å². The van der Waals surface area contributed by atoms with Gasteiger partial charge < -0.3 is 5.32 Å². The van der Waals surface area contributed by atoms with E-state index in [4.69, 9.17) is 0 Å². The summed E-state index contributed by atoms with van der Waals surface area (Å²) in [4.78, 5) is 0.